The summed E-state index contributed by atoms with van der Waals surface area (Å²) in [4.78, 5) is 17.2. The van der Waals surface area contributed by atoms with Gasteiger partial charge in [-0.3, -0.25) is 9.89 Å². The highest BCUT2D eigenvalue weighted by atomic mass is 16.5. The zero-order valence-electron chi connectivity index (χ0n) is 15.6. The number of methoxy groups -OCH3 is 1. The molecule has 0 saturated carbocycles. The van der Waals surface area contributed by atoms with E-state index >= 15 is 0 Å². The van der Waals surface area contributed by atoms with Gasteiger partial charge in [0, 0.05) is 31.6 Å². The van der Waals surface area contributed by atoms with Crippen molar-refractivity contribution in [1.82, 2.24) is 20.0 Å². The molecule has 1 fully saturated rings. The van der Waals surface area contributed by atoms with Crippen LogP contribution in [0, 0.1) is 5.92 Å². The van der Waals surface area contributed by atoms with Gasteiger partial charge in [-0.2, -0.15) is 5.10 Å². The normalized spacial score (nSPS) is 18.7. The lowest BCUT2D eigenvalue weighted by atomic mass is 9.96. The lowest BCUT2D eigenvalue weighted by Crippen LogP contribution is -2.44. The van der Waals surface area contributed by atoms with Crippen LogP contribution >= 0.6 is 0 Å². The molecular formula is C19H28N4O2. The molecule has 1 N–H and O–H groups in total. The molecule has 1 atom stereocenters. The summed E-state index contributed by atoms with van der Waals surface area (Å²) in [5.41, 5.74) is 1.31. The van der Waals surface area contributed by atoms with Gasteiger partial charge in [-0.05, 0) is 57.4 Å². The molecule has 0 bridgehead atoms. The average molecular weight is 344 g/mol. The molecule has 1 amide bonds. The maximum atomic E-state index is 12.9. The summed E-state index contributed by atoms with van der Waals surface area (Å²) in [5.74, 6) is 1.21. The highest BCUT2D eigenvalue weighted by Crippen LogP contribution is 2.24. The number of aromatic nitrogens is 2. The Kier molecular flexibility index (Phi) is 5.27. The average Bonchev–Trinajstić information content (AvgIpc) is 3.04. The molecule has 1 aromatic carbocycles. The number of aromatic amines is 1. The van der Waals surface area contributed by atoms with E-state index in [9.17, 15) is 4.79 Å². The standard InChI is InChI=1S/C19H28N4O2/c1-13(2)23-9-5-6-14(12-23)11-22(3)19(24)18-16-10-15(25-4)7-8-17(16)20-21-18/h7-8,10,13-14H,5-6,9,11-12H2,1-4H3,(H,20,21). The Morgan fingerprint density at radius 2 is 2.28 bits per heavy atom. The maximum Gasteiger partial charge on any atom is 0.274 e. The van der Waals surface area contributed by atoms with Gasteiger partial charge in [0.05, 0.1) is 12.6 Å². The molecular weight excluding hydrogens is 316 g/mol. The fourth-order valence-corrected chi connectivity index (χ4v) is 3.65. The first kappa shape index (κ1) is 17.7. The van der Waals surface area contributed by atoms with E-state index in [1.54, 1.807) is 7.11 Å². The van der Waals surface area contributed by atoms with E-state index in [0.29, 0.717) is 17.7 Å². The SMILES string of the molecule is COc1ccc2[nH]nc(C(=O)N(C)CC3CCCN(C(C)C)C3)c2c1. The number of carbonyl (C=O) groups is 1. The fraction of sp³-hybridized carbons (Fsp3) is 0.579. The quantitative estimate of drug-likeness (QED) is 0.906. The van der Waals surface area contributed by atoms with Gasteiger partial charge in [0.1, 0.15) is 5.75 Å². The number of carbonyl (C=O) groups excluding carboxylic acids is 1. The first-order chi connectivity index (χ1) is 12.0. The summed E-state index contributed by atoms with van der Waals surface area (Å²) in [6, 6.07) is 6.17. The Balaban J connectivity index is 1.72. The Bertz CT molecular complexity index is 740. The number of hydrogen-bond donors (Lipinski definition) is 1. The van der Waals surface area contributed by atoms with Crippen molar-refractivity contribution in [3.05, 3.63) is 23.9 Å². The van der Waals surface area contributed by atoms with Crippen molar-refractivity contribution in [3.63, 3.8) is 0 Å². The number of piperidine rings is 1. The molecule has 1 aliphatic rings. The number of H-pyrrole nitrogens is 1. The third kappa shape index (κ3) is 3.79. The van der Waals surface area contributed by atoms with E-state index < -0.39 is 0 Å². The molecule has 0 radical (unpaired) electrons. The Morgan fingerprint density at radius 3 is 3.00 bits per heavy atom. The molecule has 1 aliphatic heterocycles. The number of ether oxygens (including phenoxy) is 1. The number of amides is 1. The topological polar surface area (TPSA) is 61.5 Å². The van der Waals surface area contributed by atoms with Crippen molar-refractivity contribution >= 4 is 16.8 Å². The van der Waals surface area contributed by atoms with E-state index in [1.807, 2.05) is 30.1 Å². The zero-order valence-corrected chi connectivity index (χ0v) is 15.6. The van der Waals surface area contributed by atoms with Gasteiger partial charge >= 0.3 is 0 Å². The first-order valence-corrected chi connectivity index (χ1v) is 9.01. The molecule has 1 unspecified atom stereocenters. The highest BCUT2D eigenvalue weighted by Gasteiger charge is 2.26. The lowest BCUT2D eigenvalue weighted by Gasteiger charge is -2.36. The van der Waals surface area contributed by atoms with Gasteiger partial charge in [0.15, 0.2) is 5.69 Å². The van der Waals surface area contributed by atoms with Gasteiger partial charge in [-0.1, -0.05) is 0 Å². The zero-order chi connectivity index (χ0) is 18.0. The van der Waals surface area contributed by atoms with Crippen LogP contribution in [0.1, 0.15) is 37.2 Å². The number of nitrogens with zero attached hydrogens (tertiary/aromatic N) is 3. The number of likely N-dealkylation sites (tertiary alicyclic amines) is 1. The van der Waals surface area contributed by atoms with Crippen molar-refractivity contribution in [3.8, 4) is 5.75 Å². The molecule has 2 aromatic rings. The predicted octanol–water partition coefficient (Wildman–Crippen LogP) is 2.76. The highest BCUT2D eigenvalue weighted by molar-refractivity contribution is 6.04. The van der Waals surface area contributed by atoms with Crippen LogP contribution in [-0.4, -0.2) is 65.7 Å². The van der Waals surface area contributed by atoms with Gasteiger partial charge < -0.3 is 14.5 Å². The second kappa shape index (κ2) is 7.44. The summed E-state index contributed by atoms with van der Waals surface area (Å²) >= 11 is 0. The van der Waals surface area contributed by atoms with Crippen molar-refractivity contribution < 1.29 is 9.53 Å². The number of benzene rings is 1. The van der Waals surface area contributed by atoms with Gasteiger partial charge in [0.25, 0.3) is 5.91 Å². The number of hydrogen-bond acceptors (Lipinski definition) is 4. The smallest absolute Gasteiger partial charge is 0.274 e. The van der Waals surface area contributed by atoms with Crippen LogP contribution in [0.3, 0.4) is 0 Å². The van der Waals surface area contributed by atoms with Gasteiger partial charge in [-0.25, -0.2) is 0 Å². The van der Waals surface area contributed by atoms with Crippen LogP contribution in [0.4, 0.5) is 0 Å². The predicted molar refractivity (Wildman–Crippen MR) is 99.0 cm³/mol. The number of nitrogens with one attached hydrogen (secondary N) is 1. The summed E-state index contributed by atoms with van der Waals surface area (Å²) in [6.45, 7) is 7.46. The van der Waals surface area contributed by atoms with Crippen LogP contribution in [0.15, 0.2) is 18.2 Å². The third-order valence-electron chi connectivity index (χ3n) is 5.13. The second-order valence-electron chi connectivity index (χ2n) is 7.27. The molecule has 6 heteroatoms. The Hall–Kier alpha value is -2.08. The van der Waals surface area contributed by atoms with E-state index in [2.05, 4.69) is 28.9 Å². The van der Waals surface area contributed by atoms with Crippen LogP contribution in [0.2, 0.25) is 0 Å². The minimum atomic E-state index is -0.0406. The van der Waals surface area contributed by atoms with Crippen molar-refractivity contribution in [1.29, 1.82) is 0 Å². The minimum Gasteiger partial charge on any atom is -0.497 e. The maximum absolute atomic E-state index is 12.9. The lowest BCUT2D eigenvalue weighted by molar-refractivity contribution is 0.0705. The number of rotatable bonds is 5. The Morgan fingerprint density at radius 1 is 1.48 bits per heavy atom. The summed E-state index contributed by atoms with van der Waals surface area (Å²) < 4.78 is 5.27. The Labute approximate surface area is 149 Å². The van der Waals surface area contributed by atoms with Crippen LogP contribution < -0.4 is 4.74 Å². The van der Waals surface area contributed by atoms with Crippen LogP contribution in [-0.2, 0) is 0 Å². The van der Waals surface area contributed by atoms with Crippen molar-refractivity contribution in [2.24, 2.45) is 5.92 Å². The van der Waals surface area contributed by atoms with E-state index in [0.717, 1.165) is 36.3 Å². The molecule has 0 aliphatic carbocycles. The summed E-state index contributed by atoms with van der Waals surface area (Å²) in [6.07, 6.45) is 2.38. The van der Waals surface area contributed by atoms with E-state index in [4.69, 9.17) is 4.74 Å². The second-order valence-corrected chi connectivity index (χ2v) is 7.27. The largest absolute Gasteiger partial charge is 0.497 e. The third-order valence-corrected chi connectivity index (χ3v) is 5.13. The fourth-order valence-electron chi connectivity index (χ4n) is 3.65. The summed E-state index contributed by atoms with van der Waals surface area (Å²) in [5, 5.41) is 7.99. The van der Waals surface area contributed by atoms with Crippen LogP contribution in [0.5, 0.6) is 5.75 Å². The molecule has 25 heavy (non-hydrogen) atoms. The van der Waals surface area contributed by atoms with Crippen molar-refractivity contribution in [2.45, 2.75) is 32.7 Å². The molecule has 6 nitrogen and oxygen atoms in total. The summed E-state index contributed by atoms with van der Waals surface area (Å²) in [7, 11) is 3.50. The van der Waals surface area contributed by atoms with E-state index in [1.165, 1.54) is 12.8 Å². The number of fused-ring (bicyclic) bond motifs is 1. The monoisotopic (exact) mass is 344 g/mol. The van der Waals surface area contributed by atoms with Gasteiger partial charge in [-0.15, -0.1) is 0 Å². The molecule has 2 heterocycles. The van der Waals surface area contributed by atoms with E-state index in [-0.39, 0.29) is 5.91 Å². The van der Waals surface area contributed by atoms with Crippen molar-refractivity contribution in [2.75, 3.05) is 33.8 Å². The minimum absolute atomic E-state index is 0.0406. The molecule has 1 saturated heterocycles. The van der Waals surface area contributed by atoms with Crippen LogP contribution in [0.25, 0.3) is 10.9 Å². The molecule has 136 valence electrons. The molecule has 1 aromatic heterocycles. The van der Waals surface area contributed by atoms with Gasteiger partial charge in [0.2, 0.25) is 0 Å². The molecule has 3 rings (SSSR count). The molecule has 0 spiro atoms. The first-order valence-electron chi connectivity index (χ1n) is 9.01.